The number of nitrogens with one attached hydrogen (secondary N) is 1. The number of hydrogen-bond donors (Lipinski definition) is 1. The number of hydrogen-bond acceptors (Lipinski definition) is 4. The minimum atomic E-state index is -0.885. The van der Waals surface area contributed by atoms with E-state index in [4.69, 9.17) is 9.47 Å². The molecule has 0 atom stereocenters. The first-order valence-electron chi connectivity index (χ1n) is 7.39. The van der Waals surface area contributed by atoms with E-state index >= 15 is 0 Å². The molecule has 1 saturated heterocycles. The van der Waals surface area contributed by atoms with E-state index in [1.54, 1.807) is 18.2 Å². The van der Waals surface area contributed by atoms with Crippen LogP contribution in [0.1, 0.15) is 5.56 Å². The molecule has 1 aliphatic heterocycles. The Bertz CT molecular complexity index is 767. The highest BCUT2D eigenvalue weighted by atomic mass is 19.2. The second-order valence-electron chi connectivity index (χ2n) is 5.22. The molecule has 1 amide bonds. The lowest BCUT2D eigenvalue weighted by Crippen LogP contribution is -2.24. The first-order chi connectivity index (χ1) is 11.6. The highest BCUT2D eigenvalue weighted by Crippen LogP contribution is 2.33. The molecule has 2 aromatic carbocycles. The molecule has 24 heavy (non-hydrogen) atoms. The lowest BCUT2D eigenvalue weighted by Gasteiger charge is -2.18. The van der Waals surface area contributed by atoms with E-state index in [1.165, 1.54) is 24.1 Å². The average Bonchev–Trinajstić information content (AvgIpc) is 3.02. The molecule has 0 aliphatic carbocycles. The van der Waals surface area contributed by atoms with Gasteiger partial charge in [-0.1, -0.05) is 12.1 Å². The molecule has 1 heterocycles. The maximum Gasteiger partial charge on any atom is 0.414 e. The zero-order valence-electron chi connectivity index (χ0n) is 13.0. The van der Waals surface area contributed by atoms with Crippen LogP contribution in [0, 0.1) is 11.6 Å². The Morgan fingerprint density at radius 2 is 2.12 bits per heavy atom. The number of nitrogens with zero attached hydrogens (tertiary/aromatic N) is 1. The quantitative estimate of drug-likeness (QED) is 0.909. The second-order valence-corrected chi connectivity index (χ2v) is 5.22. The minimum Gasteiger partial charge on any atom is -0.495 e. The molecule has 3 rings (SSSR count). The van der Waals surface area contributed by atoms with Crippen molar-refractivity contribution < 1.29 is 23.0 Å². The fraction of sp³-hybridized carbons (Fsp3) is 0.235. The van der Waals surface area contributed by atoms with E-state index in [2.05, 4.69) is 5.32 Å². The van der Waals surface area contributed by atoms with Crippen LogP contribution in [0.15, 0.2) is 36.4 Å². The van der Waals surface area contributed by atoms with Crippen molar-refractivity contribution in [2.45, 2.75) is 6.54 Å². The number of anilines is 2. The maximum atomic E-state index is 13.7. The van der Waals surface area contributed by atoms with Gasteiger partial charge in [0.15, 0.2) is 11.6 Å². The van der Waals surface area contributed by atoms with Gasteiger partial charge in [-0.25, -0.2) is 13.6 Å². The van der Waals surface area contributed by atoms with Gasteiger partial charge in [0, 0.05) is 17.8 Å². The third kappa shape index (κ3) is 3.10. The summed E-state index contributed by atoms with van der Waals surface area (Å²) < 4.78 is 37.1. The van der Waals surface area contributed by atoms with Crippen LogP contribution in [0.25, 0.3) is 0 Å². The fourth-order valence-electron chi connectivity index (χ4n) is 2.51. The number of carbonyl (C=O) groups is 1. The lowest BCUT2D eigenvalue weighted by atomic mass is 10.2. The predicted molar refractivity (Wildman–Crippen MR) is 85.4 cm³/mol. The molecule has 0 radical (unpaired) electrons. The molecule has 5 nitrogen and oxygen atoms in total. The van der Waals surface area contributed by atoms with Crippen molar-refractivity contribution in [3.8, 4) is 5.75 Å². The van der Waals surface area contributed by atoms with Crippen molar-refractivity contribution in [2.24, 2.45) is 0 Å². The molecule has 126 valence electrons. The van der Waals surface area contributed by atoms with Crippen molar-refractivity contribution in [3.63, 3.8) is 0 Å². The number of carbonyl (C=O) groups excluding carboxylic acids is 1. The summed E-state index contributed by atoms with van der Waals surface area (Å²) in [6.45, 7) is 0.852. The summed E-state index contributed by atoms with van der Waals surface area (Å²) in [4.78, 5) is 13.2. The summed E-state index contributed by atoms with van der Waals surface area (Å²) in [5, 5.41) is 3.02. The van der Waals surface area contributed by atoms with Crippen molar-refractivity contribution in [3.05, 3.63) is 53.6 Å². The number of benzene rings is 2. The van der Waals surface area contributed by atoms with Gasteiger partial charge in [0.1, 0.15) is 12.4 Å². The molecular weight excluding hydrogens is 318 g/mol. The number of cyclic esters (lactones) is 1. The van der Waals surface area contributed by atoms with E-state index in [0.29, 0.717) is 30.3 Å². The monoisotopic (exact) mass is 334 g/mol. The van der Waals surface area contributed by atoms with Gasteiger partial charge in [-0.05, 0) is 24.3 Å². The van der Waals surface area contributed by atoms with Crippen LogP contribution in [-0.4, -0.2) is 26.4 Å². The van der Waals surface area contributed by atoms with Crippen LogP contribution in [0.3, 0.4) is 0 Å². The molecule has 1 aliphatic rings. The molecule has 0 bridgehead atoms. The highest BCUT2D eigenvalue weighted by molar-refractivity contribution is 5.92. The Kier molecular flexibility index (Phi) is 4.50. The third-order valence-corrected chi connectivity index (χ3v) is 3.75. The Morgan fingerprint density at radius 1 is 1.29 bits per heavy atom. The first-order valence-corrected chi connectivity index (χ1v) is 7.39. The van der Waals surface area contributed by atoms with Crippen molar-refractivity contribution in [1.29, 1.82) is 0 Å². The summed E-state index contributed by atoms with van der Waals surface area (Å²) in [7, 11) is 1.51. The molecule has 1 N–H and O–H groups in total. The van der Waals surface area contributed by atoms with Crippen LogP contribution < -0.4 is 15.0 Å². The Morgan fingerprint density at radius 3 is 2.83 bits per heavy atom. The lowest BCUT2D eigenvalue weighted by molar-refractivity contribution is 0.181. The molecule has 1 fully saturated rings. The largest absolute Gasteiger partial charge is 0.495 e. The van der Waals surface area contributed by atoms with Crippen molar-refractivity contribution in [2.75, 3.05) is 30.5 Å². The molecule has 0 saturated carbocycles. The van der Waals surface area contributed by atoms with Gasteiger partial charge >= 0.3 is 6.09 Å². The fourth-order valence-corrected chi connectivity index (χ4v) is 2.51. The predicted octanol–water partition coefficient (Wildman–Crippen LogP) is 3.54. The van der Waals surface area contributed by atoms with Gasteiger partial charge in [-0.2, -0.15) is 0 Å². The summed E-state index contributed by atoms with van der Waals surface area (Å²) in [6, 6.07) is 9.18. The Labute approximate surface area is 137 Å². The molecule has 7 heteroatoms. The normalized spacial score (nSPS) is 13.8. The van der Waals surface area contributed by atoms with Gasteiger partial charge < -0.3 is 14.8 Å². The van der Waals surface area contributed by atoms with Gasteiger partial charge in [0.2, 0.25) is 0 Å². The standard InChI is InChI=1S/C17H16F2N2O3/c1-23-15-6-5-12(9-14(15)21-7-8-24-17(21)22)20-10-11-3-2-4-13(18)16(11)19/h2-6,9,20H,7-8,10H2,1H3. The van der Waals surface area contributed by atoms with Crippen LogP contribution >= 0.6 is 0 Å². The summed E-state index contributed by atoms with van der Waals surface area (Å²) in [5.41, 5.74) is 1.42. The van der Waals surface area contributed by atoms with Crippen LogP contribution in [0.5, 0.6) is 5.75 Å². The van der Waals surface area contributed by atoms with E-state index in [0.717, 1.165) is 6.07 Å². The maximum absolute atomic E-state index is 13.7. The molecule has 2 aromatic rings. The van der Waals surface area contributed by atoms with Gasteiger partial charge in [0.25, 0.3) is 0 Å². The summed E-state index contributed by atoms with van der Waals surface area (Å²) in [5.74, 6) is -1.23. The van der Waals surface area contributed by atoms with E-state index in [9.17, 15) is 13.6 Å². The van der Waals surface area contributed by atoms with Crippen molar-refractivity contribution in [1.82, 2.24) is 0 Å². The summed E-state index contributed by atoms with van der Waals surface area (Å²) in [6.07, 6.45) is -0.443. The van der Waals surface area contributed by atoms with E-state index in [1.807, 2.05) is 0 Å². The second kappa shape index (κ2) is 6.74. The zero-order valence-corrected chi connectivity index (χ0v) is 13.0. The van der Waals surface area contributed by atoms with Gasteiger partial charge in [0.05, 0.1) is 19.3 Å². The van der Waals surface area contributed by atoms with Crippen LogP contribution in [0.4, 0.5) is 25.0 Å². The van der Waals surface area contributed by atoms with Crippen LogP contribution in [-0.2, 0) is 11.3 Å². The number of rotatable bonds is 5. The zero-order chi connectivity index (χ0) is 17.1. The van der Waals surface area contributed by atoms with E-state index < -0.39 is 17.7 Å². The number of halogens is 2. The molecular formula is C17H16F2N2O3. The van der Waals surface area contributed by atoms with Crippen molar-refractivity contribution >= 4 is 17.5 Å². The Balaban J connectivity index is 1.81. The molecule has 0 unspecified atom stereocenters. The topological polar surface area (TPSA) is 50.8 Å². The minimum absolute atomic E-state index is 0.111. The summed E-state index contributed by atoms with van der Waals surface area (Å²) >= 11 is 0. The van der Waals surface area contributed by atoms with Gasteiger partial charge in [-0.15, -0.1) is 0 Å². The number of amides is 1. The third-order valence-electron chi connectivity index (χ3n) is 3.75. The average molecular weight is 334 g/mol. The first kappa shape index (κ1) is 16.0. The SMILES string of the molecule is COc1ccc(NCc2cccc(F)c2F)cc1N1CCOC1=O. The highest BCUT2D eigenvalue weighted by Gasteiger charge is 2.26. The number of ether oxygens (including phenoxy) is 2. The van der Waals surface area contributed by atoms with E-state index in [-0.39, 0.29) is 12.1 Å². The number of methoxy groups -OCH3 is 1. The molecule has 0 aromatic heterocycles. The van der Waals surface area contributed by atoms with Gasteiger partial charge in [-0.3, -0.25) is 4.90 Å². The van der Waals surface area contributed by atoms with Crippen LogP contribution in [0.2, 0.25) is 0 Å². The molecule has 0 spiro atoms. The smallest absolute Gasteiger partial charge is 0.414 e. The Hall–Kier alpha value is -2.83.